The molecule has 0 fully saturated rings. The number of hydrogen-bond acceptors (Lipinski definition) is 5. The molecule has 2 amide bonds. The Morgan fingerprint density at radius 2 is 1.81 bits per heavy atom. The van der Waals surface area contributed by atoms with Crippen molar-refractivity contribution in [2.45, 2.75) is 25.0 Å². The molecule has 3 rings (SSSR count). The number of carbonyl (C=O) groups excluding carboxylic acids is 2. The summed E-state index contributed by atoms with van der Waals surface area (Å²) in [6.07, 6.45) is 0.666. The molecule has 0 unspecified atom stereocenters. The van der Waals surface area contributed by atoms with Gasteiger partial charge in [0.1, 0.15) is 11.6 Å². The largest absolute Gasteiger partial charge is 0.336 e. The van der Waals surface area contributed by atoms with Crippen LogP contribution in [0.4, 0.5) is 10.1 Å². The van der Waals surface area contributed by atoms with E-state index in [0.29, 0.717) is 23.8 Å². The zero-order chi connectivity index (χ0) is 22.2. The number of nitrogens with one attached hydrogen (secondary N) is 1. The number of hydrogen-bond donors (Lipinski definition) is 1. The second kappa shape index (κ2) is 10.7. The van der Waals surface area contributed by atoms with Crippen LogP contribution in [-0.4, -0.2) is 50.8 Å². The predicted molar refractivity (Wildman–Crippen MR) is 118 cm³/mol. The maximum Gasteiger partial charge on any atom is 0.243 e. The molecule has 0 atom stereocenters. The van der Waals surface area contributed by atoms with Crippen LogP contribution in [0.15, 0.2) is 59.8 Å². The third-order valence-corrected chi connectivity index (χ3v) is 5.53. The number of likely N-dealkylation sites (N-methyl/N-ethyl adjacent to an activating group) is 1. The molecule has 162 valence electrons. The van der Waals surface area contributed by atoms with Crippen molar-refractivity contribution >= 4 is 29.3 Å². The van der Waals surface area contributed by atoms with Crippen molar-refractivity contribution in [3.05, 3.63) is 71.8 Å². The molecule has 2 aromatic carbocycles. The van der Waals surface area contributed by atoms with Crippen molar-refractivity contribution in [1.82, 2.24) is 19.7 Å². The summed E-state index contributed by atoms with van der Waals surface area (Å²) in [5.74, 6) is 0.0535. The summed E-state index contributed by atoms with van der Waals surface area (Å²) < 4.78 is 14.9. The molecule has 0 spiro atoms. The molecular weight excluding hydrogens is 417 g/mol. The third-order valence-electron chi connectivity index (χ3n) is 4.57. The summed E-state index contributed by atoms with van der Waals surface area (Å²) in [5.41, 5.74) is 1.62. The third kappa shape index (κ3) is 6.39. The van der Waals surface area contributed by atoms with E-state index >= 15 is 0 Å². The maximum atomic E-state index is 13.0. The Morgan fingerprint density at radius 3 is 2.48 bits per heavy atom. The first kappa shape index (κ1) is 22.5. The molecule has 9 heteroatoms. The number of halogens is 1. The summed E-state index contributed by atoms with van der Waals surface area (Å²) in [6, 6.07) is 15.5. The predicted octanol–water partition coefficient (Wildman–Crippen LogP) is 3.22. The summed E-state index contributed by atoms with van der Waals surface area (Å²) in [4.78, 5) is 25.9. The number of amides is 2. The van der Waals surface area contributed by atoms with E-state index in [9.17, 15) is 14.0 Å². The van der Waals surface area contributed by atoms with Gasteiger partial charge in [-0.25, -0.2) is 4.39 Å². The molecule has 0 bridgehead atoms. The van der Waals surface area contributed by atoms with E-state index in [-0.39, 0.29) is 29.9 Å². The molecule has 31 heavy (non-hydrogen) atoms. The van der Waals surface area contributed by atoms with Crippen molar-refractivity contribution in [3.63, 3.8) is 0 Å². The molecular formula is C22H24FN5O2S. The Labute approximate surface area is 184 Å². The van der Waals surface area contributed by atoms with E-state index in [1.54, 1.807) is 7.05 Å². The average molecular weight is 442 g/mol. The van der Waals surface area contributed by atoms with Gasteiger partial charge in [0.2, 0.25) is 11.8 Å². The molecule has 3 aromatic rings. The number of carbonyl (C=O) groups is 2. The highest BCUT2D eigenvalue weighted by atomic mass is 32.2. The molecule has 1 N–H and O–H groups in total. The van der Waals surface area contributed by atoms with E-state index < -0.39 is 0 Å². The lowest BCUT2D eigenvalue weighted by Crippen LogP contribution is -2.36. The van der Waals surface area contributed by atoms with Crippen molar-refractivity contribution in [2.24, 2.45) is 0 Å². The molecule has 0 aliphatic rings. The van der Waals surface area contributed by atoms with Crippen LogP contribution >= 0.6 is 11.8 Å². The van der Waals surface area contributed by atoms with Gasteiger partial charge < -0.3 is 14.8 Å². The smallest absolute Gasteiger partial charge is 0.243 e. The molecule has 1 heterocycles. The Morgan fingerprint density at radius 1 is 1.10 bits per heavy atom. The van der Waals surface area contributed by atoms with Gasteiger partial charge in [-0.15, -0.1) is 10.2 Å². The standard InChI is InChI=1S/C22H24FN5O2S/c1-3-28-19(13-16-7-5-4-6-8-16)25-26-22(28)31-15-21(30)27(2)14-20(29)24-18-11-9-17(23)10-12-18/h4-12H,3,13-15H2,1-2H3,(H,24,29). The SMILES string of the molecule is CCn1c(Cc2ccccc2)nnc1SCC(=O)N(C)CC(=O)Nc1ccc(F)cc1. The van der Waals surface area contributed by atoms with Crippen LogP contribution in [0.25, 0.3) is 0 Å². The van der Waals surface area contributed by atoms with Gasteiger partial charge in [-0.2, -0.15) is 0 Å². The second-order valence-electron chi connectivity index (χ2n) is 6.90. The van der Waals surface area contributed by atoms with Gasteiger partial charge in [-0.3, -0.25) is 9.59 Å². The van der Waals surface area contributed by atoms with Crippen molar-refractivity contribution in [1.29, 1.82) is 0 Å². The van der Waals surface area contributed by atoms with Crippen molar-refractivity contribution in [2.75, 3.05) is 24.7 Å². The fourth-order valence-electron chi connectivity index (χ4n) is 2.93. The monoisotopic (exact) mass is 441 g/mol. The molecule has 7 nitrogen and oxygen atoms in total. The van der Waals surface area contributed by atoms with E-state index in [4.69, 9.17) is 0 Å². The lowest BCUT2D eigenvalue weighted by Gasteiger charge is -2.16. The first-order valence-electron chi connectivity index (χ1n) is 9.84. The molecule has 1 aromatic heterocycles. The van der Waals surface area contributed by atoms with Gasteiger partial charge in [0.25, 0.3) is 0 Å². The van der Waals surface area contributed by atoms with Gasteiger partial charge in [0.05, 0.1) is 12.3 Å². The van der Waals surface area contributed by atoms with Crippen LogP contribution in [0.1, 0.15) is 18.3 Å². The molecule has 0 radical (unpaired) electrons. The zero-order valence-corrected chi connectivity index (χ0v) is 18.2. The summed E-state index contributed by atoms with van der Waals surface area (Å²) in [7, 11) is 1.57. The summed E-state index contributed by atoms with van der Waals surface area (Å²) in [6.45, 7) is 2.60. The molecule has 0 aliphatic carbocycles. The molecule has 0 saturated carbocycles. The highest BCUT2D eigenvalue weighted by molar-refractivity contribution is 7.99. The van der Waals surface area contributed by atoms with Gasteiger partial charge in [-0.1, -0.05) is 42.1 Å². The van der Waals surface area contributed by atoms with Gasteiger partial charge in [-0.05, 0) is 36.8 Å². The lowest BCUT2D eigenvalue weighted by molar-refractivity contribution is -0.131. The lowest BCUT2D eigenvalue weighted by atomic mass is 10.1. The Kier molecular flexibility index (Phi) is 7.77. The van der Waals surface area contributed by atoms with Crippen LogP contribution in [0.3, 0.4) is 0 Å². The number of thioether (sulfide) groups is 1. The molecule has 0 aliphatic heterocycles. The molecule has 0 saturated heterocycles. The van der Waals surface area contributed by atoms with Crippen LogP contribution in [0.2, 0.25) is 0 Å². The Bertz CT molecular complexity index is 1020. The maximum absolute atomic E-state index is 13.0. The van der Waals surface area contributed by atoms with E-state index in [0.717, 1.165) is 11.4 Å². The van der Waals surface area contributed by atoms with Crippen LogP contribution in [0, 0.1) is 5.82 Å². The quantitative estimate of drug-likeness (QED) is 0.516. The fourth-order valence-corrected chi connectivity index (χ4v) is 3.89. The van der Waals surface area contributed by atoms with Crippen molar-refractivity contribution < 1.29 is 14.0 Å². The summed E-state index contributed by atoms with van der Waals surface area (Å²) >= 11 is 1.30. The normalized spacial score (nSPS) is 10.7. The van der Waals surface area contributed by atoms with Crippen LogP contribution in [0.5, 0.6) is 0 Å². The highest BCUT2D eigenvalue weighted by Gasteiger charge is 2.17. The second-order valence-corrected chi connectivity index (χ2v) is 7.84. The Hall–Kier alpha value is -3.20. The van der Waals surface area contributed by atoms with Crippen molar-refractivity contribution in [3.8, 4) is 0 Å². The zero-order valence-electron chi connectivity index (χ0n) is 17.4. The number of nitrogens with zero attached hydrogens (tertiary/aromatic N) is 4. The van der Waals surface area contributed by atoms with Gasteiger partial charge >= 0.3 is 0 Å². The number of aromatic nitrogens is 3. The first-order chi connectivity index (χ1) is 15.0. The van der Waals surface area contributed by atoms with Gasteiger partial charge in [0.15, 0.2) is 5.16 Å². The summed E-state index contributed by atoms with van der Waals surface area (Å²) in [5, 5.41) is 11.8. The van der Waals surface area contributed by atoms with Crippen LogP contribution < -0.4 is 5.32 Å². The minimum atomic E-state index is -0.380. The van der Waals surface area contributed by atoms with E-state index in [2.05, 4.69) is 15.5 Å². The number of anilines is 1. The average Bonchev–Trinajstić information content (AvgIpc) is 3.15. The van der Waals surface area contributed by atoms with E-state index in [1.165, 1.54) is 40.9 Å². The van der Waals surface area contributed by atoms with E-state index in [1.807, 2.05) is 41.8 Å². The number of rotatable bonds is 9. The van der Waals surface area contributed by atoms with Crippen LogP contribution in [-0.2, 0) is 22.6 Å². The Balaban J connectivity index is 1.52. The number of benzene rings is 2. The topological polar surface area (TPSA) is 80.1 Å². The first-order valence-corrected chi connectivity index (χ1v) is 10.8. The highest BCUT2D eigenvalue weighted by Crippen LogP contribution is 2.19. The minimum Gasteiger partial charge on any atom is -0.336 e. The van der Waals surface area contributed by atoms with Gasteiger partial charge in [0, 0.05) is 25.7 Å². The minimum absolute atomic E-state index is 0.101. The fraction of sp³-hybridized carbons (Fsp3) is 0.273.